The predicted octanol–water partition coefficient (Wildman–Crippen LogP) is 3.93. The number of hydrogen-bond donors (Lipinski definition) is 3. The summed E-state index contributed by atoms with van der Waals surface area (Å²) in [5.41, 5.74) is 10.2. The molecule has 1 amide bonds. The molecule has 0 saturated heterocycles. The van der Waals surface area contributed by atoms with E-state index in [-0.39, 0.29) is 22.2 Å². The van der Waals surface area contributed by atoms with Crippen LogP contribution < -0.4 is 5.73 Å². The molecule has 2 heterocycles. The number of nitrogen functional groups attached to an aromatic ring is 1. The monoisotopic (exact) mass is 407 g/mol. The molecule has 0 saturated carbocycles. The molecule has 0 aliphatic heterocycles. The van der Waals surface area contributed by atoms with E-state index in [1.165, 1.54) is 4.90 Å². The summed E-state index contributed by atoms with van der Waals surface area (Å²) in [5, 5.41) is 18.3. The van der Waals surface area contributed by atoms with Gasteiger partial charge >= 0.3 is 0 Å². The summed E-state index contributed by atoms with van der Waals surface area (Å²) in [6.45, 7) is 0. The number of nitrogens with zero attached hydrogens (tertiary/aromatic N) is 3. The molecular weight excluding hydrogens is 390 g/mol. The third kappa shape index (κ3) is 3.36. The normalized spacial score (nSPS) is 11.0. The highest BCUT2D eigenvalue weighted by Gasteiger charge is 2.20. The first-order chi connectivity index (χ1) is 13.8. The van der Waals surface area contributed by atoms with Crippen LogP contribution >= 0.6 is 11.6 Å². The Morgan fingerprint density at radius 2 is 1.83 bits per heavy atom. The van der Waals surface area contributed by atoms with E-state index in [9.17, 15) is 9.90 Å². The summed E-state index contributed by atoms with van der Waals surface area (Å²) in [4.78, 5) is 18.2. The first-order valence-electron chi connectivity index (χ1n) is 8.79. The second kappa shape index (κ2) is 7.10. The topological polar surface area (TPSA) is 108 Å². The fourth-order valence-electron chi connectivity index (χ4n) is 3.10. The first kappa shape index (κ1) is 18.8. The molecule has 2 aromatic carbocycles. The number of nitrogens with one attached hydrogen (secondary N) is 1. The predicted molar refractivity (Wildman–Crippen MR) is 114 cm³/mol. The smallest absolute Gasteiger partial charge is 0.257 e. The van der Waals surface area contributed by atoms with E-state index in [4.69, 9.17) is 17.3 Å². The van der Waals surface area contributed by atoms with Crippen molar-refractivity contribution in [3.63, 3.8) is 0 Å². The van der Waals surface area contributed by atoms with Crippen LogP contribution in [0, 0.1) is 0 Å². The van der Waals surface area contributed by atoms with Crippen molar-refractivity contribution in [1.29, 1.82) is 0 Å². The molecule has 4 aromatic rings. The van der Waals surface area contributed by atoms with Gasteiger partial charge in [-0.1, -0.05) is 23.7 Å². The second-order valence-corrected chi connectivity index (χ2v) is 7.28. The van der Waals surface area contributed by atoms with Crippen LogP contribution in [0.1, 0.15) is 10.4 Å². The summed E-state index contributed by atoms with van der Waals surface area (Å²) in [5.74, 6) is -0.602. The lowest BCUT2D eigenvalue weighted by atomic mass is 10.0. The van der Waals surface area contributed by atoms with Crippen LogP contribution in [-0.2, 0) is 0 Å². The summed E-state index contributed by atoms with van der Waals surface area (Å²) < 4.78 is 0. The second-order valence-electron chi connectivity index (χ2n) is 6.87. The number of H-pyrrole nitrogens is 1. The molecule has 0 spiro atoms. The van der Waals surface area contributed by atoms with Gasteiger partial charge < -0.3 is 15.7 Å². The number of rotatable bonds is 3. The fourth-order valence-corrected chi connectivity index (χ4v) is 3.32. The molecule has 4 rings (SSSR count). The lowest BCUT2D eigenvalue weighted by Crippen LogP contribution is -2.21. The largest absolute Gasteiger partial charge is 0.506 e. The SMILES string of the molecule is CN(C)C(=O)c1cc(-c2[nH]nc3ncc(-c4ccc(N)cc4)cc23)cc(Cl)c1O. The van der Waals surface area contributed by atoms with Crippen LogP contribution in [0.15, 0.2) is 48.7 Å². The lowest BCUT2D eigenvalue weighted by Gasteiger charge is -2.13. The van der Waals surface area contributed by atoms with Gasteiger partial charge in [-0.05, 0) is 35.9 Å². The van der Waals surface area contributed by atoms with Gasteiger partial charge in [-0.25, -0.2) is 4.98 Å². The van der Waals surface area contributed by atoms with Gasteiger partial charge in [0.25, 0.3) is 5.91 Å². The molecule has 7 nitrogen and oxygen atoms in total. The third-order valence-corrected chi connectivity index (χ3v) is 4.93. The average Bonchev–Trinajstić information content (AvgIpc) is 3.13. The van der Waals surface area contributed by atoms with Crippen molar-refractivity contribution < 1.29 is 9.90 Å². The van der Waals surface area contributed by atoms with Gasteiger partial charge in [0.15, 0.2) is 5.65 Å². The number of phenolic OH excluding ortho intramolecular Hbond substituents is 1. The number of aromatic nitrogens is 3. The number of anilines is 1. The van der Waals surface area contributed by atoms with Gasteiger partial charge in [-0.15, -0.1) is 0 Å². The average molecular weight is 408 g/mol. The van der Waals surface area contributed by atoms with E-state index in [0.717, 1.165) is 16.5 Å². The number of hydrogen-bond acceptors (Lipinski definition) is 5. The van der Waals surface area contributed by atoms with Crippen LogP contribution in [0.3, 0.4) is 0 Å². The Hall–Kier alpha value is -3.58. The maximum Gasteiger partial charge on any atom is 0.257 e. The summed E-state index contributed by atoms with van der Waals surface area (Å²) >= 11 is 6.20. The zero-order valence-corrected chi connectivity index (χ0v) is 16.5. The summed E-state index contributed by atoms with van der Waals surface area (Å²) in [7, 11) is 3.22. The van der Waals surface area contributed by atoms with E-state index in [1.54, 1.807) is 32.4 Å². The Kier molecular flexibility index (Phi) is 4.60. The maximum absolute atomic E-state index is 12.4. The van der Waals surface area contributed by atoms with Crippen molar-refractivity contribution in [1.82, 2.24) is 20.1 Å². The molecule has 2 aromatic heterocycles. The van der Waals surface area contributed by atoms with Gasteiger partial charge in [0.1, 0.15) is 5.75 Å². The van der Waals surface area contributed by atoms with Gasteiger partial charge in [-0.3, -0.25) is 9.89 Å². The minimum Gasteiger partial charge on any atom is -0.506 e. The highest BCUT2D eigenvalue weighted by Crippen LogP contribution is 2.36. The molecule has 0 unspecified atom stereocenters. The molecule has 8 heteroatoms. The molecule has 0 bridgehead atoms. The van der Waals surface area contributed by atoms with Crippen LogP contribution in [0.5, 0.6) is 5.75 Å². The minimum absolute atomic E-state index is 0.0816. The number of nitrogens with two attached hydrogens (primary N) is 1. The number of carbonyl (C=O) groups is 1. The Bertz CT molecular complexity index is 1230. The van der Waals surface area contributed by atoms with Crippen molar-refractivity contribution >= 4 is 34.2 Å². The van der Waals surface area contributed by atoms with E-state index in [2.05, 4.69) is 15.2 Å². The molecule has 0 aliphatic rings. The standard InChI is InChI=1S/C21H18ClN5O2/c1-27(2)21(29)16-7-12(9-17(22)19(16)28)18-15-8-13(10-24-20(15)26-25-18)11-3-5-14(23)6-4-11/h3-10,28H,23H2,1-2H3,(H,24,25,26). The van der Waals surface area contributed by atoms with E-state index in [0.29, 0.717) is 22.6 Å². The van der Waals surface area contributed by atoms with Crippen LogP contribution in [0.2, 0.25) is 5.02 Å². The number of fused-ring (bicyclic) bond motifs is 1. The van der Waals surface area contributed by atoms with Crippen LogP contribution in [-0.4, -0.2) is 45.2 Å². The first-order valence-corrected chi connectivity index (χ1v) is 9.17. The van der Waals surface area contributed by atoms with Crippen molar-refractivity contribution in [3.8, 4) is 28.1 Å². The van der Waals surface area contributed by atoms with E-state index in [1.807, 2.05) is 30.3 Å². The molecule has 0 aliphatic carbocycles. The van der Waals surface area contributed by atoms with Gasteiger partial charge in [0, 0.05) is 42.5 Å². The highest BCUT2D eigenvalue weighted by molar-refractivity contribution is 6.33. The Morgan fingerprint density at radius 1 is 1.10 bits per heavy atom. The zero-order valence-electron chi connectivity index (χ0n) is 15.8. The van der Waals surface area contributed by atoms with Gasteiger partial charge in [0.2, 0.25) is 0 Å². The number of benzene rings is 2. The van der Waals surface area contributed by atoms with Gasteiger partial charge in [-0.2, -0.15) is 5.10 Å². The summed E-state index contributed by atoms with van der Waals surface area (Å²) in [6.07, 6.45) is 1.74. The van der Waals surface area contributed by atoms with Crippen molar-refractivity contribution in [2.24, 2.45) is 0 Å². The number of pyridine rings is 1. The fraction of sp³-hybridized carbons (Fsp3) is 0.0952. The minimum atomic E-state index is -0.351. The number of amides is 1. The summed E-state index contributed by atoms with van der Waals surface area (Å²) in [6, 6.07) is 12.6. The Balaban J connectivity index is 1.87. The molecule has 146 valence electrons. The molecule has 0 radical (unpaired) electrons. The van der Waals surface area contributed by atoms with Crippen LogP contribution in [0.25, 0.3) is 33.4 Å². The number of aromatic hydroxyl groups is 1. The van der Waals surface area contributed by atoms with E-state index >= 15 is 0 Å². The van der Waals surface area contributed by atoms with Gasteiger partial charge in [0.05, 0.1) is 16.3 Å². The van der Waals surface area contributed by atoms with Crippen molar-refractivity contribution in [2.75, 3.05) is 19.8 Å². The van der Waals surface area contributed by atoms with Crippen LogP contribution in [0.4, 0.5) is 5.69 Å². The third-order valence-electron chi connectivity index (χ3n) is 4.64. The molecule has 4 N–H and O–H groups in total. The molecular formula is C21H18ClN5O2. The van der Waals surface area contributed by atoms with E-state index < -0.39 is 0 Å². The molecule has 0 fully saturated rings. The van der Waals surface area contributed by atoms with Crippen molar-refractivity contribution in [2.45, 2.75) is 0 Å². The van der Waals surface area contributed by atoms with Crippen molar-refractivity contribution in [3.05, 3.63) is 59.2 Å². The number of halogens is 1. The highest BCUT2D eigenvalue weighted by atomic mass is 35.5. The number of aromatic amines is 1. The maximum atomic E-state index is 12.4. The Labute approximate surface area is 171 Å². The number of carbonyl (C=O) groups excluding carboxylic acids is 1. The Morgan fingerprint density at radius 3 is 2.52 bits per heavy atom. The lowest BCUT2D eigenvalue weighted by molar-refractivity contribution is 0.0824. The zero-order chi connectivity index (χ0) is 20.7. The molecule has 29 heavy (non-hydrogen) atoms. The quantitative estimate of drug-likeness (QED) is 0.446. The molecule has 0 atom stereocenters. The number of phenols is 1.